The summed E-state index contributed by atoms with van der Waals surface area (Å²) in [7, 11) is 0. The number of amides is 1. The first-order chi connectivity index (χ1) is 10.7. The van der Waals surface area contributed by atoms with E-state index < -0.39 is 0 Å². The summed E-state index contributed by atoms with van der Waals surface area (Å²) in [5.74, 6) is 0.0523. The van der Waals surface area contributed by atoms with E-state index in [1.54, 1.807) is 11.0 Å². The molecule has 1 saturated carbocycles. The SMILES string of the molecule is Cl.Cl.NCC1(C(=O)Nc2ccc(Cn3cncn3)cc2)CCCC1. The van der Waals surface area contributed by atoms with Gasteiger partial charge in [-0.15, -0.1) is 24.8 Å². The van der Waals surface area contributed by atoms with Crippen molar-refractivity contribution < 1.29 is 4.79 Å². The maximum atomic E-state index is 12.5. The summed E-state index contributed by atoms with van der Waals surface area (Å²) in [6, 6.07) is 7.81. The zero-order chi connectivity index (χ0) is 15.4. The van der Waals surface area contributed by atoms with Crippen LogP contribution < -0.4 is 11.1 Å². The highest BCUT2D eigenvalue weighted by Gasteiger charge is 2.39. The Morgan fingerprint density at radius 2 is 1.88 bits per heavy atom. The van der Waals surface area contributed by atoms with Gasteiger partial charge in [0.05, 0.1) is 12.0 Å². The van der Waals surface area contributed by atoms with E-state index in [2.05, 4.69) is 15.4 Å². The van der Waals surface area contributed by atoms with Gasteiger partial charge in [0.15, 0.2) is 0 Å². The summed E-state index contributed by atoms with van der Waals surface area (Å²) in [6.07, 6.45) is 7.14. The minimum absolute atomic E-state index is 0. The smallest absolute Gasteiger partial charge is 0.231 e. The Labute approximate surface area is 154 Å². The molecule has 0 saturated heterocycles. The summed E-state index contributed by atoms with van der Waals surface area (Å²) < 4.78 is 1.76. The van der Waals surface area contributed by atoms with E-state index in [9.17, 15) is 4.79 Å². The van der Waals surface area contributed by atoms with Gasteiger partial charge in [-0.25, -0.2) is 9.67 Å². The Morgan fingerprint density at radius 3 is 2.42 bits per heavy atom. The molecule has 2 aromatic rings. The van der Waals surface area contributed by atoms with Gasteiger partial charge in [-0.3, -0.25) is 4.79 Å². The molecule has 1 fully saturated rings. The molecule has 0 aliphatic heterocycles. The third-order valence-corrected chi connectivity index (χ3v) is 4.46. The predicted molar refractivity (Wildman–Crippen MR) is 98.6 cm³/mol. The van der Waals surface area contributed by atoms with Crippen molar-refractivity contribution in [1.29, 1.82) is 0 Å². The third kappa shape index (κ3) is 4.47. The van der Waals surface area contributed by atoms with E-state index in [0.717, 1.165) is 36.9 Å². The van der Waals surface area contributed by atoms with Crippen molar-refractivity contribution in [3.8, 4) is 0 Å². The van der Waals surface area contributed by atoms with E-state index in [4.69, 9.17) is 5.73 Å². The molecule has 6 nitrogen and oxygen atoms in total. The normalized spacial score (nSPS) is 15.2. The quantitative estimate of drug-likeness (QED) is 0.845. The number of hydrogen-bond donors (Lipinski definition) is 2. The van der Waals surface area contributed by atoms with E-state index in [1.165, 1.54) is 6.33 Å². The van der Waals surface area contributed by atoms with E-state index in [1.807, 2.05) is 24.3 Å². The minimum atomic E-state index is -0.376. The highest BCUT2D eigenvalue weighted by Crippen LogP contribution is 2.38. The molecular formula is C16H23Cl2N5O. The molecule has 0 atom stereocenters. The second-order valence-corrected chi connectivity index (χ2v) is 5.94. The van der Waals surface area contributed by atoms with Crippen LogP contribution in [0.5, 0.6) is 0 Å². The summed E-state index contributed by atoms with van der Waals surface area (Å²) in [4.78, 5) is 16.4. The Balaban J connectivity index is 0.00000144. The van der Waals surface area contributed by atoms with E-state index >= 15 is 0 Å². The van der Waals surface area contributed by atoms with Crippen LogP contribution in [0.2, 0.25) is 0 Å². The lowest BCUT2D eigenvalue weighted by molar-refractivity contribution is -0.124. The lowest BCUT2D eigenvalue weighted by Gasteiger charge is -2.25. The van der Waals surface area contributed by atoms with Crippen LogP contribution in [0, 0.1) is 5.41 Å². The van der Waals surface area contributed by atoms with Gasteiger partial charge in [0.25, 0.3) is 0 Å². The molecule has 3 rings (SSSR count). The van der Waals surface area contributed by atoms with Crippen LogP contribution in [0.3, 0.4) is 0 Å². The molecule has 1 aliphatic carbocycles. The number of benzene rings is 1. The maximum Gasteiger partial charge on any atom is 0.231 e. The van der Waals surface area contributed by atoms with Gasteiger partial charge in [0.1, 0.15) is 12.7 Å². The van der Waals surface area contributed by atoms with Crippen molar-refractivity contribution in [2.45, 2.75) is 32.2 Å². The van der Waals surface area contributed by atoms with Gasteiger partial charge >= 0.3 is 0 Å². The van der Waals surface area contributed by atoms with Crippen molar-refractivity contribution in [2.24, 2.45) is 11.1 Å². The van der Waals surface area contributed by atoms with Crippen LogP contribution in [0.4, 0.5) is 5.69 Å². The molecule has 0 radical (unpaired) electrons. The van der Waals surface area contributed by atoms with E-state index in [0.29, 0.717) is 13.1 Å². The first-order valence-corrected chi connectivity index (χ1v) is 7.65. The van der Waals surface area contributed by atoms with Crippen LogP contribution in [-0.2, 0) is 11.3 Å². The molecule has 0 unspecified atom stereocenters. The zero-order valence-electron chi connectivity index (χ0n) is 13.4. The second kappa shape index (κ2) is 9.01. The average molecular weight is 372 g/mol. The summed E-state index contributed by atoms with van der Waals surface area (Å²) >= 11 is 0. The molecule has 0 spiro atoms. The summed E-state index contributed by atoms with van der Waals surface area (Å²) in [5, 5.41) is 7.08. The van der Waals surface area contributed by atoms with Gasteiger partial charge in [-0.1, -0.05) is 25.0 Å². The number of carbonyl (C=O) groups is 1. The van der Waals surface area contributed by atoms with Crippen molar-refractivity contribution in [2.75, 3.05) is 11.9 Å². The topological polar surface area (TPSA) is 85.8 Å². The Kier molecular flexibility index (Phi) is 7.66. The lowest BCUT2D eigenvalue weighted by atomic mass is 9.85. The number of halogens is 2. The number of carbonyl (C=O) groups excluding carboxylic acids is 1. The predicted octanol–water partition coefficient (Wildman–Crippen LogP) is 2.63. The van der Waals surface area contributed by atoms with Crippen LogP contribution in [0.25, 0.3) is 0 Å². The molecule has 132 valence electrons. The van der Waals surface area contributed by atoms with Crippen LogP contribution >= 0.6 is 24.8 Å². The Hall–Kier alpha value is -1.63. The molecule has 3 N–H and O–H groups in total. The van der Waals surface area contributed by atoms with Crippen molar-refractivity contribution in [3.63, 3.8) is 0 Å². The number of hydrogen-bond acceptors (Lipinski definition) is 4. The van der Waals surface area contributed by atoms with E-state index in [-0.39, 0.29) is 36.1 Å². The van der Waals surface area contributed by atoms with Crippen LogP contribution in [-0.4, -0.2) is 27.2 Å². The van der Waals surface area contributed by atoms with Crippen LogP contribution in [0.1, 0.15) is 31.2 Å². The lowest BCUT2D eigenvalue weighted by Crippen LogP contribution is -2.40. The van der Waals surface area contributed by atoms with Crippen molar-refractivity contribution >= 4 is 36.4 Å². The van der Waals surface area contributed by atoms with Crippen molar-refractivity contribution in [3.05, 3.63) is 42.5 Å². The molecule has 1 amide bonds. The number of rotatable bonds is 5. The maximum absolute atomic E-state index is 12.5. The van der Waals surface area contributed by atoms with Crippen molar-refractivity contribution in [1.82, 2.24) is 14.8 Å². The van der Waals surface area contributed by atoms with Gasteiger partial charge in [-0.2, -0.15) is 5.10 Å². The molecule has 1 aliphatic rings. The third-order valence-electron chi connectivity index (χ3n) is 4.46. The van der Waals surface area contributed by atoms with Gasteiger partial charge < -0.3 is 11.1 Å². The zero-order valence-corrected chi connectivity index (χ0v) is 15.0. The summed E-state index contributed by atoms with van der Waals surface area (Å²) in [6.45, 7) is 1.09. The summed E-state index contributed by atoms with van der Waals surface area (Å²) in [5.41, 5.74) is 7.39. The first kappa shape index (κ1) is 20.4. The first-order valence-electron chi connectivity index (χ1n) is 7.65. The average Bonchev–Trinajstić information content (AvgIpc) is 3.21. The van der Waals surface area contributed by atoms with Gasteiger partial charge in [0.2, 0.25) is 5.91 Å². The minimum Gasteiger partial charge on any atom is -0.329 e. The number of nitrogens with two attached hydrogens (primary N) is 1. The number of nitrogens with one attached hydrogen (secondary N) is 1. The highest BCUT2D eigenvalue weighted by molar-refractivity contribution is 5.95. The standard InChI is InChI=1S/C16H21N5O.2ClH/c17-10-16(7-1-2-8-16)15(22)20-14-5-3-13(4-6-14)9-21-12-18-11-19-21;;/h3-6,11-12H,1-2,7-10,17H2,(H,20,22);2*1H. The largest absolute Gasteiger partial charge is 0.329 e. The molecule has 1 aromatic heterocycles. The fourth-order valence-corrected chi connectivity index (χ4v) is 3.03. The molecule has 0 bridgehead atoms. The molecule has 8 heteroatoms. The monoisotopic (exact) mass is 371 g/mol. The Bertz CT molecular complexity index is 624. The highest BCUT2D eigenvalue weighted by atomic mass is 35.5. The van der Waals surface area contributed by atoms with Gasteiger partial charge in [0, 0.05) is 12.2 Å². The van der Waals surface area contributed by atoms with Gasteiger partial charge in [-0.05, 0) is 30.5 Å². The second-order valence-electron chi connectivity index (χ2n) is 5.94. The molecule has 1 heterocycles. The fourth-order valence-electron chi connectivity index (χ4n) is 3.03. The number of aromatic nitrogens is 3. The number of nitrogens with zero attached hydrogens (tertiary/aromatic N) is 3. The molecule has 1 aromatic carbocycles. The Morgan fingerprint density at radius 1 is 1.21 bits per heavy atom. The molecular weight excluding hydrogens is 349 g/mol. The fraction of sp³-hybridized carbons (Fsp3) is 0.438. The number of anilines is 1. The molecule has 24 heavy (non-hydrogen) atoms. The van der Waals surface area contributed by atoms with Crippen LogP contribution in [0.15, 0.2) is 36.9 Å².